The van der Waals surface area contributed by atoms with E-state index < -0.39 is 0 Å². The quantitative estimate of drug-likeness (QED) is 0.787. The molecule has 0 saturated heterocycles. The molecule has 0 saturated carbocycles. The minimum Gasteiger partial charge on any atom is -0.296 e. The highest BCUT2D eigenvalue weighted by Gasteiger charge is 2.19. The second-order valence-corrected chi connectivity index (χ2v) is 5.53. The van der Waals surface area contributed by atoms with Gasteiger partial charge in [0.15, 0.2) is 0 Å². The van der Waals surface area contributed by atoms with Crippen molar-refractivity contribution >= 4 is 0 Å². The molecular formula is C18H21N. The van der Waals surface area contributed by atoms with Gasteiger partial charge in [-0.25, -0.2) is 0 Å². The average molecular weight is 251 g/mol. The smallest absolute Gasteiger partial charge is 0.0236 e. The zero-order chi connectivity index (χ0) is 13.1. The first-order valence-corrected chi connectivity index (χ1v) is 7.17. The van der Waals surface area contributed by atoms with E-state index in [0.29, 0.717) is 6.04 Å². The largest absolute Gasteiger partial charge is 0.296 e. The maximum atomic E-state index is 2.61. The van der Waals surface area contributed by atoms with Crippen molar-refractivity contribution in [2.75, 3.05) is 6.54 Å². The fraction of sp³-hybridized carbons (Fsp3) is 0.333. The molecule has 0 radical (unpaired) electrons. The number of hydrogen-bond donors (Lipinski definition) is 0. The maximum Gasteiger partial charge on any atom is 0.0236 e. The molecule has 0 bridgehead atoms. The van der Waals surface area contributed by atoms with Crippen LogP contribution in [0.2, 0.25) is 0 Å². The summed E-state index contributed by atoms with van der Waals surface area (Å²) in [6.07, 6.45) is 2.34. The third-order valence-corrected chi connectivity index (χ3v) is 4.15. The Bertz CT molecular complexity index is 532. The molecule has 1 heteroatoms. The fourth-order valence-corrected chi connectivity index (χ4v) is 2.99. The van der Waals surface area contributed by atoms with Crippen LogP contribution in [0, 0.1) is 0 Å². The molecule has 1 aliphatic rings. The van der Waals surface area contributed by atoms with Gasteiger partial charge in [0.05, 0.1) is 0 Å². The van der Waals surface area contributed by atoms with Crippen LogP contribution in [0.15, 0.2) is 54.6 Å². The summed E-state index contributed by atoms with van der Waals surface area (Å²) in [5.74, 6) is 0. The number of nitrogens with zero attached hydrogens (tertiary/aromatic N) is 1. The van der Waals surface area contributed by atoms with Crippen molar-refractivity contribution < 1.29 is 0 Å². The summed E-state index contributed by atoms with van der Waals surface area (Å²) < 4.78 is 0. The first kappa shape index (κ1) is 12.4. The Labute approximate surface area is 115 Å². The SMILES string of the molecule is C[C@@H]1Cc2ccccc2CCN1Cc1ccccc1. The summed E-state index contributed by atoms with van der Waals surface area (Å²) in [5.41, 5.74) is 4.48. The molecule has 1 atom stereocenters. The normalized spacial score (nSPS) is 19.7. The first-order chi connectivity index (χ1) is 9.33. The third-order valence-electron chi connectivity index (χ3n) is 4.15. The summed E-state index contributed by atoms with van der Waals surface area (Å²) in [7, 11) is 0. The van der Waals surface area contributed by atoms with Crippen LogP contribution in [0.3, 0.4) is 0 Å². The van der Waals surface area contributed by atoms with Gasteiger partial charge in [-0.2, -0.15) is 0 Å². The number of rotatable bonds is 2. The van der Waals surface area contributed by atoms with Crippen LogP contribution in [0.4, 0.5) is 0 Å². The minimum absolute atomic E-state index is 0.615. The fourth-order valence-electron chi connectivity index (χ4n) is 2.99. The second kappa shape index (κ2) is 5.58. The monoisotopic (exact) mass is 251 g/mol. The molecule has 1 nitrogen and oxygen atoms in total. The van der Waals surface area contributed by atoms with E-state index in [-0.39, 0.29) is 0 Å². The van der Waals surface area contributed by atoms with Gasteiger partial charge < -0.3 is 0 Å². The van der Waals surface area contributed by atoms with Crippen molar-refractivity contribution in [2.45, 2.75) is 32.4 Å². The molecular weight excluding hydrogens is 230 g/mol. The summed E-state index contributed by atoms with van der Waals surface area (Å²) >= 11 is 0. The zero-order valence-electron chi connectivity index (χ0n) is 11.5. The van der Waals surface area contributed by atoms with Crippen LogP contribution < -0.4 is 0 Å². The molecule has 2 aromatic carbocycles. The number of benzene rings is 2. The first-order valence-electron chi connectivity index (χ1n) is 7.17. The second-order valence-electron chi connectivity index (χ2n) is 5.53. The van der Waals surface area contributed by atoms with Gasteiger partial charge in [0, 0.05) is 19.1 Å². The predicted molar refractivity (Wildman–Crippen MR) is 80.2 cm³/mol. The van der Waals surface area contributed by atoms with E-state index in [1.165, 1.54) is 29.5 Å². The molecule has 19 heavy (non-hydrogen) atoms. The lowest BCUT2D eigenvalue weighted by Crippen LogP contribution is -2.33. The minimum atomic E-state index is 0.615. The van der Waals surface area contributed by atoms with E-state index in [2.05, 4.69) is 66.4 Å². The molecule has 2 aromatic rings. The highest BCUT2D eigenvalue weighted by atomic mass is 15.1. The molecule has 0 fully saturated rings. The molecule has 3 rings (SSSR count). The summed E-state index contributed by atoms with van der Waals surface area (Å²) in [5, 5.41) is 0. The highest BCUT2D eigenvalue weighted by molar-refractivity contribution is 5.29. The lowest BCUT2D eigenvalue weighted by atomic mass is 10.0. The van der Waals surface area contributed by atoms with Gasteiger partial charge in [-0.05, 0) is 36.5 Å². The van der Waals surface area contributed by atoms with Crippen LogP contribution in [-0.2, 0) is 19.4 Å². The van der Waals surface area contributed by atoms with Crippen molar-refractivity contribution in [3.8, 4) is 0 Å². The van der Waals surface area contributed by atoms with Crippen LogP contribution in [0.5, 0.6) is 0 Å². The molecule has 0 N–H and O–H groups in total. The zero-order valence-corrected chi connectivity index (χ0v) is 11.5. The number of hydrogen-bond acceptors (Lipinski definition) is 1. The Morgan fingerprint density at radius 3 is 2.42 bits per heavy atom. The van der Waals surface area contributed by atoms with Crippen LogP contribution in [-0.4, -0.2) is 17.5 Å². The Morgan fingerprint density at radius 2 is 1.63 bits per heavy atom. The van der Waals surface area contributed by atoms with Gasteiger partial charge in [0.2, 0.25) is 0 Å². The maximum absolute atomic E-state index is 2.61. The topological polar surface area (TPSA) is 3.24 Å². The van der Waals surface area contributed by atoms with Gasteiger partial charge in [-0.15, -0.1) is 0 Å². The van der Waals surface area contributed by atoms with Crippen molar-refractivity contribution in [3.63, 3.8) is 0 Å². The van der Waals surface area contributed by atoms with Gasteiger partial charge in [-0.1, -0.05) is 54.6 Å². The van der Waals surface area contributed by atoms with E-state index in [0.717, 1.165) is 13.1 Å². The number of fused-ring (bicyclic) bond motifs is 1. The standard InChI is InChI=1S/C18H21N/c1-15-13-18-10-6-5-9-17(18)11-12-19(15)14-16-7-3-2-4-8-16/h2-10,15H,11-14H2,1H3/t15-/m1/s1. The average Bonchev–Trinajstić information content (AvgIpc) is 2.60. The molecule has 1 aliphatic heterocycles. The van der Waals surface area contributed by atoms with Gasteiger partial charge in [-0.3, -0.25) is 4.90 Å². The van der Waals surface area contributed by atoms with Crippen molar-refractivity contribution in [1.82, 2.24) is 4.90 Å². The van der Waals surface area contributed by atoms with E-state index in [9.17, 15) is 0 Å². The Morgan fingerprint density at radius 1 is 0.947 bits per heavy atom. The van der Waals surface area contributed by atoms with Gasteiger partial charge in [0.1, 0.15) is 0 Å². The summed E-state index contributed by atoms with van der Waals surface area (Å²) in [4.78, 5) is 2.61. The van der Waals surface area contributed by atoms with Gasteiger partial charge in [0.25, 0.3) is 0 Å². The predicted octanol–water partition coefficient (Wildman–Crippen LogP) is 3.68. The van der Waals surface area contributed by atoms with Crippen molar-refractivity contribution in [1.29, 1.82) is 0 Å². The van der Waals surface area contributed by atoms with Crippen LogP contribution in [0.25, 0.3) is 0 Å². The Kier molecular flexibility index (Phi) is 3.65. The molecule has 0 spiro atoms. The van der Waals surface area contributed by atoms with Gasteiger partial charge >= 0.3 is 0 Å². The van der Waals surface area contributed by atoms with Crippen LogP contribution >= 0.6 is 0 Å². The molecule has 0 unspecified atom stereocenters. The molecule has 1 heterocycles. The van der Waals surface area contributed by atoms with Crippen molar-refractivity contribution in [3.05, 3.63) is 71.3 Å². The Balaban J connectivity index is 1.76. The van der Waals surface area contributed by atoms with E-state index in [4.69, 9.17) is 0 Å². The molecule has 0 amide bonds. The molecule has 0 aliphatic carbocycles. The highest BCUT2D eigenvalue weighted by Crippen LogP contribution is 2.21. The van der Waals surface area contributed by atoms with E-state index in [1.54, 1.807) is 0 Å². The Hall–Kier alpha value is -1.60. The van der Waals surface area contributed by atoms with Crippen molar-refractivity contribution in [2.24, 2.45) is 0 Å². The van der Waals surface area contributed by atoms with E-state index >= 15 is 0 Å². The summed E-state index contributed by atoms with van der Waals surface area (Å²) in [6, 6.07) is 20.3. The lowest BCUT2D eigenvalue weighted by Gasteiger charge is -2.27. The van der Waals surface area contributed by atoms with E-state index in [1.807, 2.05) is 0 Å². The van der Waals surface area contributed by atoms with Crippen LogP contribution in [0.1, 0.15) is 23.6 Å². The third kappa shape index (κ3) is 2.87. The lowest BCUT2D eigenvalue weighted by molar-refractivity contribution is 0.207. The molecule has 0 aromatic heterocycles. The molecule has 98 valence electrons. The summed E-state index contributed by atoms with van der Waals surface area (Å²) in [6.45, 7) is 4.58.